The van der Waals surface area contributed by atoms with Gasteiger partial charge in [0.1, 0.15) is 6.61 Å². The first kappa shape index (κ1) is 21.1. The smallest absolute Gasteiger partial charge is 0.286 e. The van der Waals surface area contributed by atoms with Crippen LogP contribution >= 0.6 is 27.7 Å². The van der Waals surface area contributed by atoms with Crippen LogP contribution < -0.4 is 14.8 Å². The minimum absolute atomic E-state index is 0.267. The van der Waals surface area contributed by atoms with Crippen molar-refractivity contribution in [1.82, 2.24) is 5.32 Å². The van der Waals surface area contributed by atoms with Crippen molar-refractivity contribution in [3.63, 3.8) is 0 Å². The van der Waals surface area contributed by atoms with Crippen molar-refractivity contribution in [3.05, 3.63) is 63.0 Å². The molecule has 6 nitrogen and oxygen atoms in total. The summed E-state index contributed by atoms with van der Waals surface area (Å²) in [5.41, 5.74) is 1.82. The summed E-state index contributed by atoms with van der Waals surface area (Å²) in [5, 5.41) is 2.81. The van der Waals surface area contributed by atoms with Gasteiger partial charge in [-0.2, -0.15) is 4.99 Å². The summed E-state index contributed by atoms with van der Waals surface area (Å²) in [6.45, 7) is 4.17. The van der Waals surface area contributed by atoms with Gasteiger partial charge in [0.05, 0.1) is 11.5 Å². The predicted octanol–water partition coefficient (Wildman–Crippen LogP) is 4.53. The van der Waals surface area contributed by atoms with Crippen LogP contribution in [0.5, 0.6) is 11.5 Å². The van der Waals surface area contributed by atoms with E-state index >= 15 is 0 Å². The van der Waals surface area contributed by atoms with Gasteiger partial charge in [-0.05, 0) is 60.2 Å². The lowest BCUT2D eigenvalue weighted by Crippen LogP contribution is -2.23. The van der Waals surface area contributed by atoms with Crippen molar-refractivity contribution >= 4 is 50.7 Å². The van der Waals surface area contributed by atoms with Gasteiger partial charge in [0.15, 0.2) is 16.7 Å². The average Bonchev–Trinajstić information content (AvgIpc) is 3.01. The number of carbonyl (C=O) groups is 2. The van der Waals surface area contributed by atoms with Gasteiger partial charge < -0.3 is 14.8 Å². The molecule has 1 heterocycles. The summed E-state index contributed by atoms with van der Waals surface area (Å²) in [6, 6.07) is 13.4. The Labute approximate surface area is 181 Å². The van der Waals surface area contributed by atoms with E-state index in [0.717, 1.165) is 27.4 Å². The molecule has 0 aliphatic carbocycles. The zero-order valence-electron chi connectivity index (χ0n) is 15.9. The molecule has 0 aromatic heterocycles. The highest BCUT2D eigenvalue weighted by Gasteiger charge is 2.22. The lowest BCUT2D eigenvalue weighted by molar-refractivity contribution is -0.117. The van der Waals surface area contributed by atoms with Gasteiger partial charge in [0.2, 0.25) is 5.91 Å². The van der Waals surface area contributed by atoms with Gasteiger partial charge in [0, 0.05) is 11.4 Å². The van der Waals surface area contributed by atoms with Crippen LogP contribution in [-0.2, 0) is 16.2 Å². The first-order valence-electron chi connectivity index (χ1n) is 8.89. The van der Waals surface area contributed by atoms with E-state index in [1.165, 1.54) is 6.92 Å². The quantitative estimate of drug-likeness (QED) is 0.622. The Kier molecular flexibility index (Phi) is 7.11. The molecular weight excluding hydrogens is 456 g/mol. The number of aliphatic imine (C=N–C) groups is 1. The fraction of sp³-hybridized carbons (Fsp3) is 0.190. The Hall–Kier alpha value is -2.58. The molecule has 0 bridgehead atoms. The maximum absolute atomic E-state index is 12.0. The fourth-order valence-electron chi connectivity index (χ4n) is 2.51. The molecule has 3 rings (SSSR count). The van der Waals surface area contributed by atoms with E-state index < -0.39 is 0 Å². The summed E-state index contributed by atoms with van der Waals surface area (Å²) >= 11 is 4.54. The monoisotopic (exact) mass is 474 g/mol. The summed E-state index contributed by atoms with van der Waals surface area (Å²) in [4.78, 5) is 27.4. The van der Waals surface area contributed by atoms with Crippen molar-refractivity contribution in [2.75, 3.05) is 6.61 Å². The zero-order chi connectivity index (χ0) is 20.8. The number of nitrogens with one attached hydrogen (secondary N) is 1. The third-order valence-electron chi connectivity index (χ3n) is 3.78. The van der Waals surface area contributed by atoms with Crippen LogP contribution in [0.1, 0.15) is 25.0 Å². The SMILES string of the molecule is CCOc1cc(/C=C2\SC(NC(C)=O)=NC2=O)ccc1OCc1ccc(Br)cc1. The fourth-order valence-corrected chi connectivity index (χ4v) is 3.63. The lowest BCUT2D eigenvalue weighted by Gasteiger charge is -2.13. The number of ether oxygens (including phenoxy) is 2. The van der Waals surface area contributed by atoms with Crippen LogP contribution in [0, 0.1) is 0 Å². The summed E-state index contributed by atoms with van der Waals surface area (Å²) in [5.74, 6) is 0.568. The Morgan fingerprint density at radius 2 is 1.93 bits per heavy atom. The molecule has 1 aliphatic heterocycles. The van der Waals surface area contributed by atoms with E-state index in [1.807, 2.05) is 49.4 Å². The van der Waals surface area contributed by atoms with Crippen molar-refractivity contribution in [1.29, 1.82) is 0 Å². The molecule has 150 valence electrons. The van der Waals surface area contributed by atoms with E-state index in [4.69, 9.17) is 9.47 Å². The largest absolute Gasteiger partial charge is 0.490 e. The molecule has 0 atom stereocenters. The Morgan fingerprint density at radius 1 is 1.17 bits per heavy atom. The highest BCUT2D eigenvalue weighted by atomic mass is 79.9. The van der Waals surface area contributed by atoms with Crippen LogP contribution in [0.25, 0.3) is 6.08 Å². The molecular formula is C21H19BrN2O4S. The number of carbonyl (C=O) groups excluding carboxylic acids is 2. The molecule has 2 aromatic carbocycles. The average molecular weight is 475 g/mol. The van der Waals surface area contributed by atoms with E-state index in [2.05, 4.69) is 26.2 Å². The Bertz CT molecular complexity index is 987. The topological polar surface area (TPSA) is 77.0 Å². The first-order chi connectivity index (χ1) is 13.9. The van der Waals surface area contributed by atoms with Crippen molar-refractivity contribution < 1.29 is 19.1 Å². The standard InChI is InChI=1S/C21H19BrN2O4S/c1-3-27-18-10-15(11-19-20(26)24-21(29-19)23-13(2)25)6-9-17(18)28-12-14-4-7-16(22)8-5-14/h4-11H,3,12H2,1-2H3,(H,23,24,25,26)/b19-11-. The highest BCUT2D eigenvalue weighted by Crippen LogP contribution is 2.33. The van der Waals surface area contributed by atoms with Gasteiger partial charge in [-0.25, -0.2) is 0 Å². The van der Waals surface area contributed by atoms with Gasteiger partial charge in [0.25, 0.3) is 5.91 Å². The Balaban J connectivity index is 1.74. The minimum atomic E-state index is -0.382. The number of halogens is 1. The first-order valence-corrected chi connectivity index (χ1v) is 10.5. The van der Waals surface area contributed by atoms with Crippen molar-refractivity contribution in [3.8, 4) is 11.5 Å². The molecule has 0 radical (unpaired) electrons. The van der Waals surface area contributed by atoms with E-state index in [9.17, 15) is 9.59 Å². The molecule has 1 aliphatic rings. The van der Waals surface area contributed by atoms with Crippen LogP contribution in [0.15, 0.2) is 56.8 Å². The molecule has 2 amide bonds. The molecule has 0 spiro atoms. The van der Waals surface area contributed by atoms with Gasteiger partial charge >= 0.3 is 0 Å². The van der Waals surface area contributed by atoms with Crippen LogP contribution in [0.4, 0.5) is 0 Å². The second-order valence-corrected chi connectivity index (χ2v) is 8.01. The van der Waals surface area contributed by atoms with Gasteiger partial charge in [-0.15, -0.1) is 0 Å². The van der Waals surface area contributed by atoms with Crippen molar-refractivity contribution in [2.24, 2.45) is 4.99 Å². The van der Waals surface area contributed by atoms with Crippen LogP contribution in [-0.4, -0.2) is 23.6 Å². The lowest BCUT2D eigenvalue weighted by atomic mass is 10.2. The molecule has 0 unspecified atom stereocenters. The summed E-state index contributed by atoms with van der Waals surface area (Å²) < 4.78 is 12.6. The molecule has 2 aromatic rings. The van der Waals surface area contributed by atoms with Gasteiger partial charge in [-0.3, -0.25) is 9.59 Å². The molecule has 0 saturated heterocycles. The highest BCUT2D eigenvalue weighted by molar-refractivity contribution is 9.10. The summed E-state index contributed by atoms with van der Waals surface area (Å²) in [7, 11) is 0. The van der Waals surface area contributed by atoms with Crippen LogP contribution in [0.3, 0.4) is 0 Å². The molecule has 0 saturated carbocycles. The maximum Gasteiger partial charge on any atom is 0.286 e. The Morgan fingerprint density at radius 3 is 2.62 bits per heavy atom. The normalized spacial score (nSPS) is 14.7. The number of rotatable bonds is 6. The number of hydrogen-bond donors (Lipinski definition) is 1. The predicted molar refractivity (Wildman–Crippen MR) is 118 cm³/mol. The molecule has 0 fully saturated rings. The number of benzene rings is 2. The van der Waals surface area contributed by atoms with E-state index in [0.29, 0.717) is 29.6 Å². The third-order valence-corrected chi connectivity index (χ3v) is 5.20. The molecule has 8 heteroatoms. The number of amidine groups is 1. The third kappa shape index (κ3) is 5.95. The van der Waals surface area contributed by atoms with Crippen LogP contribution in [0.2, 0.25) is 0 Å². The number of hydrogen-bond acceptors (Lipinski definition) is 5. The summed E-state index contributed by atoms with van der Waals surface area (Å²) in [6.07, 6.45) is 1.71. The second-order valence-electron chi connectivity index (χ2n) is 6.07. The number of nitrogens with zero attached hydrogens (tertiary/aromatic N) is 1. The number of thioether (sulfide) groups is 1. The maximum atomic E-state index is 12.0. The zero-order valence-corrected chi connectivity index (χ0v) is 18.3. The second kappa shape index (κ2) is 9.76. The van der Waals surface area contributed by atoms with Crippen molar-refractivity contribution in [2.45, 2.75) is 20.5 Å². The molecule has 1 N–H and O–H groups in total. The number of amides is 2. The van der Waals surface area contributed by atoms with E-state index in [-0.39, 0.29) is 17.0 Å². The van der Waals surface area contributed by atoms with Gasteiger partial charge in [-0.1, -0.05) is 34.1 Å². The molecule has 29 heavy (non-hydrogen) atoms. The van der Waals surface area contributed by atoms with E-state index in [1.54, 1.807) is 6.08 Å². The minimum Gasteiger partial charge on any atom is -0.490 e.